The first kappa shape index (κ1) is 15.7. The molecule has 1 atom stereocenters. The number of hydrogen-bond donors (Lipinski definition) is 1. The Hall–Kier alpha value is -2.70. The second-order valence-corrected chi connectivity index (χ2v) is 5.26. The molecule has 1 heterocycles. The van der Waals surface area contributed by atoms with Gasteiger partial charge in [0.05, 0.1) is 4.92 Å². The number of carbonyl (C=O) groups is 1. The third-order valence-corrected chi connectivity index (χ3v) is 3.50. The average Bonchev–Trinajstić information content (AvgIpc) is 2.73. The minimum absolute atomic E-state index is 0.0461. The number of nitro groups is 1. The highest BCUT2D eigenvalue weighted by Crippen LogP contribution is 2.25. The van der Waals surface area contributed by atoms with E-state index in [2.05, 4.69) is 10.4 Å². The maximum Gasteiger partial charge on any atom is 0.312 e. The van der Waals surface area contributed by atoms with Gasteiger partial charge in [-0.1, -0.05) is 12.1 Å². The van der Waals surface area contributed by atoms with Gasteiger partial charge in [-0.25, -0.2) is 0 Å². The van der Waals surface area contributed by atoms with Crippen LogP contribution in [-0.4, -0.2) is 20.6 Å². The van der Waals surface area contributed by atoms with Gasteiger partial charge in [-0.15, -0.1) is 0 Å². The first-order valence-corrected chi connectivity index (χ1v) is 6.89. The molecule has 1 aromatic heterocycles. The summed E-state index contributed by atoms with van der Waals surface area (Å²) >= 11 is 0. The normalized spacial score (nSPS) is 12.0. The van der Waals surface area contributed by atoms with Gasteiger partial charge in [0, 0.05) is 5.69 Å². The summed E-state index contributed by atoms with van der Waals surface area (Å²) in [7, 11) is 0. The van der Waals surface area contributed by atoms with Crippen LogP contribution in [0.3, 0.4) is 0 Å². The predicted molar refractivity (Wildman–Crippen MR) is 82.9 cm³/mol. The molecule has 0 unspecified atom stereocenters. The molecule has 0 aliphatic rings. The van der Waals surface area contributed by atoms with Gasteiger partial charge in [0.1, 0.15) is 17.4 Å². The zero-order valence-electron chi connectivity index (χ0n) is 13.0. The van der Waals surface area contributed by atoms with Gasteiger partial charge in [0.15, 0.2) is 0 Å². The molecule has 0 aliphatic carbocycles. The van der Waals surface area contributed by atoms with Gasteiger partial charge in [0.25, 0.3) is 0 Å². The molecule has 0 saturated heterocycles. The van der Waals surface area contributed by atoms with Crippen LogP contribution in [0.15, 0.2) is 24.3 Å². The summed E-state index contributed by atoms with van der Waals surface area (Å²) in [6.45, 7) is 6.75. The molecule has 1 amide bonds. The highest BCUT2D eigenvalue weighted by molar-refractivity contribution is 5.93. The SMILES string of the molecule is Cc1cccc(NC(=O)[C@@H](C)n2nc(C)c([N+](=O)[O-])c2C)c1. The van der Waals surface area contributed by atoms with Crippen molar-refractivity contribution in [2.75, 3.05) is 5.32 Å². The fourth-order valence-electron chi connectivity index (χ4n) is 2.38. The number of carbonyl (C=O) groups excluding carboxylic acids is 1. The van der Waals surface area contributed by atoms with Crippen molar-refractivity contribution in [3.05, 3.63) is 51.3 Å². The van der Waals surface area contributed by atoms with Gasteiger partial charge >= 0.3 is 5.69 Å². The third kappa shape index (κ3) is 2.98. The van der Waals surface area contributed by atoms with E-state index in [0.29, 0.717) is 17.1 Å². The van der Waals surface area contributed by atoms with Crippen LogP contribution in [0.4, 0.5) is 11.4 Å². The Bertz CT molecular complexity index is 736. The van der Waals surface area contributed by atoms with Crippen LogP contribution in [0.2, 0.25) is 0 Å². The Labute approximate surface area is 128 Å². The third-order valence-electron chi connectivity index (χ3n) is 3.50. The number of nitrogens with one attached hydrogen (secondary N) is 1. The lowest BCUT2D eigenvalue weighted by molar-refractivity contribution is -0.386. The number of hydrogen-bond acceptors (Lipinski definition) is 4. The Morgan fingerprint density at radius 3 is 2.59 bits per heavy atom. The molecular weight excluding hydrogens is 284 g/mol. The van der Waals surface area contributed by atoms with Crippen LogP contribution < -0.4 is 5.32 Å². The molecule has 0 bridgehead atoms. The van der Waals surface area contributed by atoms with Crippen LogP contribution in [0, 0.1) is 30.9 Å². The van der Waals surface area contributed by atoms with E-state index in [1.807, 2.05) is 25.1 Å². The maximum absolute atomic E-state index is 12.3. The van der Waals surface area contributed by atoms with Crippen LogP contribution in [0.1, 0.15) is 29.9 Å². The van der Waals surface area contributed by atoms with Gasteiger partial charge in [-0.3, -0.25) is 19.6 Å². The summed E-state index contributed by atoms with van der Waals surface area (Å²) in [6.07, 6.45) is 0. The second-order valence-electron chi connectivity index (χ2n) is 5.26. The van der Waals surface area contributed by atoms with Crippen molar-refractivity contribution in [3.63, 3.8) is 0 Å². The number of amides is 1. The number of benzene rings is 1. The maximum atomic E-state index is 12.3. The molecule has 1 aromatic carbocycles. The van der Waals surface area contributed by atoms with Crippen molar-refractivity contribution in [2.24, 2.45) is 0 Å². The van der Waals surface area contributed by atoms with Gasteiger partial charge in [-0.05, 0) is 45.4 Å². The molecule has 116 valence electrons. The van der Waals surface area contributed by atoms with Gasteiger partial charge in [0.2, 0.25) is 5.91 Å². The average molecular weight is 302 g/mol. The molecule has 1 N–H and O–H groups in total. The van der Waals surface area contributed by atoms with Crippen molar-refractivity contribution >= 4 is 17.3 Å². The van der Waals surface area contributed by atoms with Crippen LogP contribution >= 0.6 is 0 Å². The highest BCUT2D eigenvalue weighted by atomic mass is 16.6. The van der Waals surface area contributed by atoms with E-state index < -0.39 is 11.0 Å². The number of anilines is 1. The lowest BCUT2D eigenvalue weighted by Crippen LogP contribution is -2.25. The number of aromatic nitrogens is 2. The number of aryl methyl sites for hydroxylation is 2. The standard InChI is InChI=1S/C15H18N4O3/c1-9-6-5-7-13(8-9)16-15(20)12(4)18-11(3)14(19(21)22)10(2)17-18/h5-8,12H,1-4H3,(H,16,20)/t12-/m1/s1. The van der Waals surface area contributed by atoms with Gasteiger partial charge in [-0.2, -0.15) is 5.10 Å². The first-order chi connectivity index (χ1) is 10.3. The molecule has 22 heavy (non-hydrogen) atoms. The van der Waals surface area contributed by atoms with E-state index in [0.717, 1.165) is 5.56 Å². The Morgan fingerprint density at radius 2 is 2.05 bits per heavy atom. The van der Waals surface area contributed by atoms with E-state index in [4.69, 9.17) is 0 Å². The van der Waals surface area contributed by atoms with Crippen LogP contribution in [0.5, 0.6) is 0 Å². The van der Waals surface area contributed by atoms with E-state index >= 15 is 0 Å². The summed E-state index contributed by atoms with van der Waals surface area (Å²) in [4.78, 5) is 22.9. The van der Waals surface area contributed by atoms with Crippen molar-refractivity contribution in [1.29, 1.82) is 0 Å². The minimum Gasteiger partial charge on any atom is -0.324 e. The molecule has 7 nitrogen and oxygen atoms in total. The molecule has 2 rings (SSSR count). The Kier molecular flexibility index (Phi) is 4.25. The van der Waals surface area contributed by atoms with E-state index in [9.17, 15) is 14.9 Å². The monoisotopic (exact) mass is 302 g/mol. The highest BCUT2D eigenvalue weighted by Gasteiger charge is 2.27. The van der Waals surface area contributed by atoms with Crippen molar-refractivity contribution in [3.8, 4) is 0 Å². The van der Waals surface area contributed by atoms with Crippen LogP contribution in [-0.2, 0) is 4.79 Å². The largest absolute Gasteiger partial charge is 0.324 e. The molecule has 0 aliphatic heterocycles. The fourth-order valence-corrected chi connectivity index (χ4v) is 2.38. The lowest BCUT2D eigenvalue weighted by Gasteiger charge is -2.14. The first-order valence-electron chi connectivity index (χ1n) is 6.89. The summed E-state index contributed by atoms with van der Waals surface area (Å²) in [6, 6.07) is 6.79. The molecule has 7 heteroatoms. The molecule has 0 saturated carbocycles. The molecule has 2 aromatic rings. The number of nitrogens with zero attached hydrogens (tertiary/aromatic N) is 3. The van der Waals surface area contributed by atoms with Crippen LogP contribution in [0.25, 0.3) is 0 Å². The Morgan fingerprint density at radius 1 is 1.36 bits per heavy atom. The topological polar surface area (TPSA) is 90.1 Å². The lowest BCUT2D eigenvalue weighted by atomic mass is 10.2. The van der Waals surface area contributed by atoms with Crippen molar-refractivity contribution in [1.82, 2.24) is 9.78 Å². The van der Waals surface area contributed by atoms with E-state index in [-0.39, 0.29) is 11.6 Å². The van der Waals surface area contributed by atoms with Crippen molar-refractivity contribution < 1.29 is 9.72 Å². The summed E-state index contributed by atoms with van der Waals surface area (Å²) in [5.74, 6) is -0.272. The molecular formula is C15H18N4O3. The quantitative estimate of drug-likeness (QED) is 0.694. The zero-order valence-corrected chi connectivity index (χ0v) is 13.0. The summed E-state index contributed by atoms with van der Waals surface area (Å²) < 4.78 is 1.39. The number of rotatable bonds is 4. The van der Waals surface area contributed by atoms with Gasteiger partial charge < -0.3 is 5.32 Å². The van der Waals surface area contributed by atoms with Crippen molar-refractivity contribution in [2.45, 2.75) is 33.7 Å². The second kappa shape index (κ2) is 5.97. The predicted octanol–water partition coefficient (Wildman–Crippen LogP) is 2.92. The molecule has 0 radical (unpaired) electrons. The summed E-state index contributed by atoms with van der Waals surface area (Å²) in [5.41, 5.74) is 2.35. The molecule has 0 fully saturated rings. The van der Waals surface area contributed by atoms with E-state index in [1.165, 1.54) is 4.68 Å². The minimum atomic E-state index is -0.645. The van der Waals surface area contributed by atoms with E-state index in [1.54, 1.807) is 26.8 Å². The summed E-state index contributed by atoms with van der Waals surface area (Å²) in [5, 5.41) is 18.0. The fraction of sp³-hybridized carbons (Fsp3) is 0.333. The zero-order chi connectivity index (χ0) is 16.4. The molecule has 0 spiro atoms. The smallest absolute Gasteiger partial charge is 0.312 e. The Balaban J connectivity index is 2.24.